The van der Waals surface area contributed by atoms with E-state index >= 15 is 0 Å². The van der Waals surface area contributed by atoms with Crippen molar-refractivity contribution in [3.05, 3.63) is 52.2 Å². The molecule has 1 aromatic carbocycles. The average molecular weight is 356 g/mol. The summed E-state index contributed by atoms with van der Waals surface area (Å²) in [6.07, 6.45) is 2.71. The highest BCUT2D eigenvalue weighted by atomic mass is 16.5. The lowest BCUT2D eigenvalue weighted by atomic mass is 10.2. The third-order valence-corrected chi connectivity index (χ3v) is 4.82. The van der Waals surface area contributed by atoms with Gasteiger partial charge >= 0.3 is 0 Å². The number of aromatic nitrogens is 2. The minimum absolute atomic E-state index is 0.0592. The molecule has 1 aromatic heterocycles. The topological polar surface area (TPSA) is 76.5 Å². The van der Waals surface area contributed by atoms with Crippen LogP contribution >= 0.6 is 0 Å². The number of amides is 1. The third-order valence-electron chi connectivity index (χ3n) is 4.82. The SMILES string of the molecule is CO[C@H]1CCN(c2ccc(NC(=O)Cn3cnc(C)c(C)c3=O)cc2)C1. The Labute approximate surface area is 152 Å². The van der Waals surface area contributed by atoms with E-state index in [1.165, 1.54) is 10.9 Å². The second-order valence-corrected chi connectivity index (χ2v) is 6.58. The van der Waals surface area contributed by atoms with Crippen LogP contribution in [0, 0.1) is 13.8 Å². The molecule has 3 rings (SSSR count). The number of nitrogens with zero attached hydrogens (tertiary/aromatic N) is 3. The van der Waals surface area contributed by atoms with Crippen LogP contribution < -0.4 is 15.8 Å². The first-order valence-electron chi connectivity index (χ1n) is 8.68. The Morgan fingerprint density at radius 1 is 1.31 bits per heavy atom. The van der Waals surface area contributed by atoms with E-state index in [9.17, 15) is 9.59 Å². The molecule has 0 unspecified atom stereocenters. The maximum absolute atomic E-state index is 12.2. The average Bonchev–Trinajstić information content (AvgIpc) is 3.12. The Kier molecular flexibility index (Phi) is 5.37. The van der Waals surface area contributed by atoms with Crippen LogP contribution in [0.5, 0.6) is 0 Å². The molecule has 1 aliphatic heterocycles. The second kappa shape index (κ2) is 7.70. The minimum atomic E-state index is -0.259. The van der Waals surface area contributed by atoms with Crippen LogP contribution in [0.25, 0.3) is 0 Å². The molecule has 1 atom stereocenters. The molecule has 7 nitrogen and oxygen atoms in total. The number of anilines is 2. The van der Waals surface area contributed by atoms with Crippen LogP contribution in [0.2, 0.25) is 0 Å². The van der Waals surface area contributed by atoms with Crippen LogP contribution in [0.15, 0.2) is 35.4 Å². The Morgan fingerprint density at radius 2 is 2.04 bits per heavy atom. The van der Waals surface area contributed by atoms with Crippen molar-refractivity contribution in [2.75, 3.05) is 30.4 Å². The number of hydrogen-bond donors (Lipinski definition) is 1. The molecular weight excluding hydrogens is 332 g/mol. The molecule has 0 radical (unpaired) electrons. The standard InChI is InChI=1S/C19H24N4O3/c1-13-14(2)20-12-23(19(13)25)11-18(24)21-15-4-6-16(7-5-15)22-9-8-17(10-22)26-3/h4-7,12,17H,8-11H2,1-3H3,(H,21,24)/t17-/m0/s1. The van der Waals surface area contributed by atoms with Crippen molar-refractivity contribution >= 4 is 17.3 Å². The summed E-state index contributed by atoms with van der Waals surface area (Å²) in [5.41, 5.74) is 2.86. The summed E-state index contributed by atoms with van der Waals surface area (Å²) < 4.78 is 6.71. The normalized spacial score (nSPS) is 16.7. The molecular formula is C19H24N4O3. The van der Waals surface area contributed by atoms with E-state index in [2.05, 4.69) is 15.2 Å². The van der Waals surface area contributed by atoms with Crippen LogP contribution in [-0.2, 0) is 16.1 Å². The zero-order valence-corrected chi connectivity index (χ0v) is 15.4. The number of aryl methyl sites for hydroxylation is 1. The lowest BCUT2D eigenvalue weighted by Crippen LogP contribution is -2.29. The van der Waals surface area contributed by atoms with Crippen LogP contribution in [0.3, 0.4) is 0 Å². The largest absolute Gasteiger partial charge is 0.380 e. The first kappa shape index (κ1) is 18.1. The van der Waals surface area contributed by atoms with Gasteiger partial charge in [-0.25, -0.2) is 4.98 Å². The molecule has 0 saturated carbocycles. The molecule has 1 saturated heterocycles. The first-order chi connectivity index (χ1) is 12.5. The number of rotatable bonds is 5. The van der Waals surface area contributed by atoms with Crippen molar-refractivity contribution in [1.82, 2.24) is 9.55 Å². The van der Waals surface area contributed by atoms with Crippen molar-refractivity contribution in [2.45, 2.75) is 32.9 Å². The molecule has 1 fully saturated rings. The Bertz CT molecular complexity index is 845. The molecule has 26 heavy (non-hydrogen) atoms. The Morgan fingerprint density at radius 3 is 2.69 bits per heavy atom. The van der Waals surface area contributed by atoms with Crippen molar-refractivity contribution in [1.29, 1.82) is 0 Å². The summed E-state index contributed by atoms with van der Waals surface area (Å²) in [6, 6.07) is 7.71. The molecule has 0 bridgehead atoms. The van der Waals surface area contributed by atoms with Gasteiger partial charge in [0, 0.05) is 42.8 Å². The number of carbonyl (C=O) groups is 1. The van der Waals surface area contributed by atoms with E-state index in [1.807, 2.05) is 24.3 Å². The molecule has 1 N–H and O–H groups in total. The van der Waals surface area contributed by atoms with Crippen molar-refractivity contribution in [3.8, 4) is 0 Å². The molecule has 7 heteroatoms. The summed E-state index contributed by atoms with van der Waals surface area (Å²) >= 11 is 0. The van der Waals surface area contributed by atoms with Gasteiger partial charge in [0.1, 0.15) is 6.54 Å². The molecule has 1 aliphatic rings. The van der Waals surface area contributed by atoms with E-state index in [-0.39, 0.29) is 24.1 Å². The van der Waals surface area contributed by atoms with Gasteiger partial charge in [-0.2, -0.15) is 0 Å². The lowest BCUT2D eigenvalue weighted by Gasteiger charge is -2.18. The summed E-state index contributed by atoms with van der Waals surface area (Å²) in [6.45, 7) is 5.27. The molecule has 0 spiro atoms. The summed E-state index contributed by atoms with van der Waals surface area (Å²) in [5, 5.41) is 2.82. The fraction of sp³-hybridized carbons (Fsp3) is 0.421. The Balaban J connectivity index is 1.61. The lowest BCUT2D eigenvalue weighted by molar-refractivity contribution is -0.116. The number of hydrogen-bond acceptors (Lipinski definition) is 5. The van der Waals surface area contributed by atoms with Gasteiger partial charge in [-0.1, -0.05) is 0 Å². The number of methoxy groups -OCH3 is 1. The third kappa shape index (κ3) is 3.94. The smallest absolute Gasteiger partial charge is 0.256 e. The molecule has 2 heterocycles. The van der Waals surface area contributed by atoms with Gasteiger partial charge < -0.3 is 15.0 Å². The molecule has 2 aromatic rings. The molecule has 138 valence electrons. The van der Waals surface area contributed by atoms with E-state index in [1.54, 1.807) is 21.0 Å². The van der Waals surface area contributed by atoms with E-state index in [4.69, 9.17) is 4.74 Å². The second-order valence-electron chi connectivity index (χ2n) is 6.58. The molecule has 1 amide bonds. The van der Waals surface area contributed by atoms with Gasteiger partial charge in [0.2, 0.25) is 5.91 Å². The predicted molar refractivity (Wildman–Crippen MR) is 101 cm³/mol. The first-order valence-corrected chi connectivity index (χ1v) is 8.68. The van der Waals surface area contributed by atoms with Crippen molar-refractivity contribution in [2.24, 2.45) is 0 Å². The number of benzene rings is 1. The summed E-state index contributed by atoms with van der Waals surface area (Å²) in [4.78, 5) is 30.8. The van der Waals surface area contributed by atoms with Gasteiger partial charge in [-0.15, -0.1) is 0 Å². The summed E-state index contributed by atoms with van der Waals surface area (Å²) in [7, 11) is 1.74. The zero-order chi connectivity index (χ0) is 18.7. The van der Waals surface area contributed by atoms with Crippen LogP contribution in [0.4, 0.5) is 11.4 Å². The number of nitrogens with one attached hydrogen (secondary N) is 1. The number of ether oxygens (including phenoxy) is 1. The van der Waals surface area contributed by atoms with Crippen LogP contribution in [0.1, 0.15) is 17.7 Å². The fourth-order valence-electron chi connectivity index (χ4n) is 3.05. The van der Waals surface area contributed by atoms with Gasteiger partial charge in [0.25, 0.3) is 5.56 Å². The van der Waals surface area contributed by atoms with Crippen molar-refractivity contribution in [3.63, 3.8) is 0 Å². The van der Waals surface area contributed by atoms with E-state index in [0.717, 1.165) is 25.2 Å². The van der Waals surface area contributed by atoms with Crippen molar-refractivity contribution < 1.29 is 9.53 Å². The Hall–Kier alpha value is -2.67. The highest BCUT2D eigenvalue weighted by Gasteiger charge is 2.22. The zero-order valence-electron chi connectivity index (χ0n) is 15.4. The van der Waals surface area contributed by atoms with E-state index in [0.29, 0.717) is 16.9 Å². The minimum Gasteiger partial charge on any atom is -0.380 e. The predicted octanol–water partition coefficient (Wildman–Crippen LogP) is 1.72. The molecule has 0 aliphatic carbocycles. The fourth-order valence-corrected chi connectivity index (χ4v) is 3.05. The highest BCUT2D eigenvalue weighted by Crippen LogP contribution is 2.23. The maximum Gasteiger partial charge on any atom is 0.256 e. The monoisotopic (exact) mass is 356 g/mol. The van der Waals surface area contributed by atoms with Gasteiger partial charge in [0.05, 0.1) is 12.4 Å². The van der Waals surface area contributed by atoms with Gasteiger partial charge in [-0.3, -0.25) is 14.2 Å². The van der Waals surface area contributed by atoms with Crippen LogP contribution in [-0.4, -0.2) is 41.8 Å². The highest BCUT2D eigenvalue weighted by molar-refractivity contribution is 5.90. The quantitative estimate of drug-likeness (QED) is 0.883. The summed E-state index contributed by atoms with van der Waals surface area (Å²) in [5.74, 6) is -0.259. The number of carbonyl (C=O) groups excluding carboxylic acids is 1. The maximum atomic E-state index is 12.2. The van der Waals surface area contributed by atoms with E-state index < -0.39 is 0 Å². The van der Waals surface area contributed by atoms with Gasteiger partial charge in [-0.05, 0) is 44.5 Å². The van der Waals surface area contributed by atoms with Gasteiger partial charge in [0.15, 0.2) is 0 Å².